The van der Waals surface area contributed by atoms with Crippen molar-refractivity contribution in [3.8, 4) is 5.88 Å². The molecule has 8 heteroatoms. The molecule has 0 unspecified atom stereocenters. The van der Waals surface area contributed by atoms with E-state index in [9.17, 15) is 0 Å². The molecule has 2 N–H and O–H groups in total. The van der Waals surface area contributed by atoms with Gasteiger partial charge in [0.1, 0.15) is 0 Å². The quantitative estimate of drug-likeness (QED) is 0.353. The molecular weight excluding hydrogens is 469 g/mol. The van der Waals surface area contributed by atoms with Crippen molar-refractivity contribution < 1.29 is 9.47 Å². The van der Waals surface area contributed by atoms with E-state index in [1.807, 2.05) is 19.2 Å². The lowest BCUT2D eigenvalue weighted by Gasteiger charge is -2.48. The molecule has 1 saturated carbocycles. The first-order valence-corrected chi connectivity index (χ1v) is 10.0. The molecule has 0 radical (unpaired) electrons. The summed E-state index contributed by atoms with van der Waals surface area (Å²) in [4.78, 5) is 11.3. The topological polar surface area (TPSA) is 71.0 Å². The Bertz CT molecular complexity index is 616. The molecule has 2 fully saturated rings. The maximum Gasteiger partial charge on any atom is 0.218 e. The van der Waals surface area contributed by atoms with Crippen LogP contribution in [0, 0.1) is 0 Å². The summed E-state index contributed by atoms with van der Waals surface area (Å²) in [5.41, 5.74) is 1.23. The van der Waals surface area contributed by atoms with Crippen molar-refractivity contribution >= 4 is 29.9 Å². The molecule has 0 bridgehead atoms. The summed E-state index contributed by atoms with van der Waals surface area (Å²) in [5, 5.41) is 6.98. The van der Waals surface area contributed by atoms with Crippen LogP contribution in [-0.2, 0) is 11.3 Å². The van der Waals surface area contributed by atoms with Gasteiger partial charge in [-0.3, -0.25) is 9.89 Å². The lowest BCUT2D eigenvalue weighted by molar-refractivity contribution is -0.0352. The molecular formula is C20H34IN5O2. The third-order valence-electron chi connectivity index (χ3n) is 5.76. The van der Waals surface area contributed by atoms with Gasteiger partial charge in [-0.2, -0.15) is 0 Å². The zero-order chi connectivity index (χ0) is 19.0. The number of aromatic nitrogens is 1. The van der Waals surface area contributed by atoms with Gasteiger partial charge in [0.2, 0.25) is 5.88 Å². The van der Waals surface area contributed by atoms with Crippen LogP contribution < -0.4 is 15.4 Å². The molecule has 0 spiro atoms. The number of morpholine rings is 1. The van der Waals surface area contributed by atoms with Crippen LogP contribution in [0.1, 0.15) is 37.7 Å². The highest BCUT2D eigenvalue weighted by Crippen LogP contribution is 2.33. The largest absolute Gasteiger partial charge is 0.481 e. The van der Waals surface area contributed by atoms with E-state index in [0.29, 0.717) is 12.4 Å². The van der Waals surface area contributed by atoms with Crippen LogP contribution in [0.4, 0.5) is 0 Å². The Morgan fingerprint density at radius 1 is 1.25 bits per heavy atom. The number of nitrogens with zero attached hydrogens (tertiary/aromatic N) is 3. The molecule has 0 amide bonds. The van der Waals surface area contributed by atoms with Gasteiger partial charge in [0, 0.05) is 50.5 Å². The zero-order valence-corrected chi connectivity index (χ0v) is 19.4. The molecule has 1 aliphatic carbocycles. The number of nitrogens with one attached hydrogen (secondary N) is 2. The molecule has 1 aromatic heterocycles. The van der Waals surface area contributed by atoms with E-state index in [-0.39, 0.29) is 29.5 Å². The first-order chi connectivity index (χ1) is 13.3. The third kappa shape index (κ3) is 5.93. The Morgan fingerprint density at radius 2 is 2.00 bits per heavy atom. The van der Waals surface area contributed by atoms with Crippen LogP contribution in [0.15, 0.2) is 23.3 Å². The van der Waals surface area contributed by atoms with Gasteiger partial charge in [0.25, 0.3) is 0 Å². The second-order valence-corrected chi connectivity index (χ2v) is 7.34. The fraction of sp³-hybridized carbons (Fsp3) is 0.700. The monoisotopic (exact) mass is 503 g/mol. The minimum absolute atomic E-state index is 0. The molecule has 2 heterocycles. The van der Waals surface area contributed by atoms with Crippen molar-refractivity contribution in [3.63, 3.8) is 0 Å². The van der Waals surface area contributed by atoms with Crippen LogP contribution in [0.5, 0.6) is 5.88 Å². The van der Waals surface area contributed by atoms with Crippen LogP contribution in [-0.4, -0.2) is 68.4 Å². The SMILES string of the molecule is CN=C(NCc1cccnc1OC)NCC1(N2CCOCC2)CCCCC1.I. The molecule has 0 atom stereocenters. The normalized spacial score (nSPS) is 20.1. The van der Waals surface area contributed by atoms with Gasteiger partial charge in [-0.25, -0.2) is 4.98 Å². The van der Waals surface area contributed by atoms with Crippen LogP contribution in [0.2, 0.25) is 0 Å². The Labute approximate surface area is 185 Å². The average molecular weight is 503 g/mol. The molecule has 1 aromatic rings. The summed E-state index contributed by atoms with van der Waals surface area (Å²) >= 11 is 0. The van der Waals surface area contributed by atoms with Gasteiger partial charge in [0.05, 0.1) is 20.3 Å². The predicted octanol–water partition coefficient (Wildman–Crippen LogP) is 2.41. The van der Waals surface area contributed by atoms with E-state index in [1.54, 1.807) is 13.3 Å². The Balaban J connectivity index is 0.00000280. The standard InChI is InChI=1S/C20H33N5O2.HI/c1-21-19(23-15-17-7-6-10-22-18(17)26-2)24-16-20(8-4-3-5-9-20)25-11-13-27-14-12-25;/h6-7,10H,3-5,8-9,11-16H2,1-2H3,(H2,21,23,24);1H. The van der Waals surface area contributed by atoms with E-state index >= 15 is 0 Å². The Hall–Kier alpha value is -1.13. The molecule has 0 aromatic carbocycles. The number of halogens is 1. The number of pyridine rings is 1. The van der Waals surface area contributed by atoms with Crippen LogP contribution in [0.3, 0.4) is 0 Å². The van der Waals surface area contributed by atoms with Crippen molar-refractivity contribution in [2.45, 2.75) is 44.2 Å². The fourth-order valence-corrected chi connectivity index (χ4v) is 4.24. The average Bonchev–Trinajstić information content (AvgIpc) is 2.75. The summed E-state index contributed by atoms with van der Waals surface area (Å²) in [7, 11) is 3.46. The van der Waals surface area contributed by atoms with E-state index in [4.69, 9.17) is 9.47 Å². The molecule has 2 aliphatic rings. The third-order valence-corrected chi connectivity index (χ3v) is 5.76. The summed E-state index contributed by atoms with van der Waals surface area (Å²) in [6.45, 7) is 5.28. The lowest BCUT2D eigenvalue weighted by Crippen LogP contribution is -2.60. The maximum atomic E-state index is 5.58. The van der Waals surface area contributed by atoms with Crippen LogP contribution in [0.25, 0.3) is 0 Å². The smallest absolute Gasteiger partial charge is 0.218 e. The minimum atomic E-state index is 0. The highest BCUT2D eigenvalue weighted by Gasteiger charge is 2.38. The van der Waals surface area contributed by atoms with E-state index in [0.717, 1.165) is 44.4 Å². The maximum absolute atomic E-state index is 5.58. The highest BCUT2D eigenvalue weighted by atomic mass is 127. The summed E-state index contributed by atoms with van der Waals surface area (Å²) < 4.78 is 10.9. The first-order valence-electron chi connectivity index (χ1n) is 10.0. The lowest BCUT2D eigenvalue weighted by atomic mass is 9.80. The number of guanidine groups is 1. The van der Waals surface area contributed by atoms with Crippen molar-refractivity contribution in [2.24, 2.45) is 4.99 Å². The van der Waals surface area contributed by atoms with Crippen molar-refractivity contribution in [2.75, 3.05) is 47.0 Å². The molecule has 158 valence electrons. The van der Waals surface area contributed by atoms with Crippen molar-refractivity contribution in [3.05, 3.63) is 23.9 Å². The molecule has 1 aliphatic heterocycles. The fourth-order valence-electron chi connectivity index (χ4n) is 4.24. The number of hydrogen-bond acceptors (Lipinski definition) is 5. The number of rotatable bonds is 6. The van der Waals surface area contributed by atoms with Gasteiger partial charge in [0.15, 0.2) is 5.96 Å². The van der Waals surface area contributed by atoms with Gasteiger partial charge < -0.3 is 20.1 Å². The van der Waals surface area contributed by atoms with E-state index in [1.165, 1.54) is 32.1 Å². The van der Waals surface area contributed by atoms with Crippen LogP contribution >= 0.6 is 24.0 Å². The number of methoxy groups -OCH3 is 1. The second kappa shape index (κ2) is 11.8. The molecule has 1 saturated heterocycles. The molecule has 3 rings (SSSR count). The second-order valence-electron chi connectivity index (χ2n) is 7.34. The predicted molar refractivity (Wildman–Crippen MR) is 123 cm³/mol. The molecule has 28 heavy (non-hydrogen) atoms. The van der Waals surface area contributed by atoms with Crippen molar-refractivity contribution in [1.82, 2.24) is 20.5 Å². The van der Waals surface area contributed by atoms with Gasteiger partial charge in [-0.15, -0.1) is 24.0 Å². The number of aliphatic imine (C=N–C) groups is 1. The van der Waals surface area contributed by atoms with Crippen molar-refractivity contribution in [1.29, 1.82) is 0 Å². The summed E-state index contributed by atoms with van der Waals surface area (Å²) in [5.74, 6) is 1.47. The zero-order valence-electron chi connectivity index (χ0n) is 17.1. The van der Waals surface area contributed by atoms with Gasteiger partial charge >= 0.3 is 0 Å². The first kappa shape index (κ1) is 23.2. The number of ether oxygens (including phenoxy) is 2. The van der Waals surface area contributed by atoms with Gasteiger partial charge in [-0.1, -0.05) is 25.3 Å². The highest BCUT2D eigenvalue weighted by molar-refractivity contribution is 14.0. The Morgan fingerprint density at radius 3 is 2.68 bits per heavy atom. The summed E-state index contributed by atoms with van der Waals surface area (Å²) in [6, 6.07) is 3.94. The summed E-state index contributed by atoms with van der Waals surface area (Å²) in [6.07, 6.45) is 8.18. The Kier molecular flexibility index (Phi) is 9.73. The van der Waals surface area contributed by atoms with E-state index in [2.05, 4.69) is 25.5 Å². The number of hydrogen-bond donors (Lipinski definition) is 2. The van der Waals surface area contributed by atoms with Gasteiger partial charge in [-0.05, 0) is 18.9 Å². The van der Waals surface area contributed by atoms with E-state index < -0.39 is 0 Å². The molecule has 7 nitrogen and oxygen atoms in total. The minimum Gasteiger partial charge on any atom is -0.481 e.